The summed E-state index contributed by atoms with van der Waals surface area (Å²) < 4.78 is 5.34. The van der Waals surface area contributed by atoms with Gasteiger partial charge in [-0.2, -0.15) is 0 Å². The molecular weight excluding hydrogens is 166 g/mol. The largest absolute Gasteiger partial charge is 0.389 e. The van der Waals surface area contributed by atoms with Gasteiger partial charge in [-0.3, -0.25) is 0 Å². The van der Waals surface area contributed by atoms with Gasteiger partial charge in [0.1, 0.15) is 0 Å². The van der Waals surface area contributed by atoms with Crippen molar-refractivity contribution in [2.24, 2.45) is 17.1 Å². The molecule has 2 fully saturated rings. The van der Waals surface area contributed by atoms with Crippen molar-refractivity contribution in [3.63, 3.8) is 0 Å². The minimum atomic E-state index is -0.556. The van der Waals surface area contributed by atoms with Crippen LogP contribution < -0.4 is 5.73 Å². The molecule has 2 rings (SSSR count). The van der Waals surface area contributed by atoms with Crippen molar-refractivity contribution < 1.29 is 9.84 Å². The first-order valence-corrected chi connectivity index (χ1v) is 5.15. The maximum Gasteiger partial charge on any atom is 0.0784 e. The van der Waals surface area contributed by atoms with E-state index in [0.717, 1.165) is 19.3 Å². The summed E-state index contributed by atoms with van der Waals surface area (Å²) in [5.41, 5.74) is 5.21. The summed E-state index contributed by atoms with van der Waals surface area (Å²) in [4.78, 5) is 0. The lowest BCUT2D eigenvalue weighted by Gasteiger charge is -2.44. The molecule has 2 atom stereocenters. The third-order valence-corrected chi connectivity index (χ3v) is 3.97. The number of ether oxygens (including phenoxy) is 1. The van der Waals surface area contributed by atoms with E-state index in [2.05, 4.69) is 6.92 Å². The molecule has 76 valence electrons. The van der Waals surface area contributed by atoms with Gasteiger partial charge < -0.3 is 15.6 Å². The zero-order chi connectivity index (χ0) is 9.53. The lowest BCUT2D eigenvalue weighted by molar-refractivity contribution is -0.146. The van der Waals surface area contributed by atoms with Gasteiger partial charge in [0, 0.05) is 30.9 Å². The van der Waals surface area contributed by atoms with Crippen LogP contribution in [0.5, 0.6) is 0 Å². The number of hydrogen-bond acceptors (Lipinski definition) is 3. The van der Waals surface area contributed by atoms with Crippen molar-refractivity contribution >= 4 is 0 Å². The average Bonchev–Trinajstić information content (AvgIpc) is 2.91. The molecule has 1 heterocycles. The van der Waals surface area contributed by atoms with Crippen LogP contribution in [0, 0.1) is 11.3 Å². The van der Waals surface area contributed by atoms with Crippen LogP contribution in [0.4, 0.5) is 0 Å². The highest BCUT2D eigenvalue weighted by molar-refractivity contribution is 5.11. The molecule has 0 aromatic rings. The first kappa shape index (κ1) is 9.44. The Kier molecular flexibility index (Phi) is 2.13. The van der Waals surface area contributed by atoms with Gasteiger partial charge in [0.05, 0.1) is 12.2 Å². The fraction of sp³-hybridized carbons (Fsp3) is 1.00. The predicted molar refractivity (Wildman–Crippen MR) is 50.3 cm³/mol. The Bertz CT molecular complexity index is 203. The highest BCUT2D eigenvalue weighted by atomic mass is 16.5. The summed E-state index contributed by atoms with van der Waals surface area (Å²) >= 11 is 0. The van der Waals surface area contributed by atoms with E-state index in [1.54, 1.807) is 0 Å². The molecule has 0 amide bonds. The Morgan fingerprint density at radius 2 is 2.15 bits per heavy atom. The predicted octanol–water partition coefficient (Wildman–Crippen LogP) is 0.513. The summed E-state index contributed by atoms with van der Waals surface area (Å²) in [5.74, 6) is 0.229. The van der Waals surface area contributed by atoms with Crippen LogP contribution in [-0.4, -0.2) is 30.5 Å². The molecule has 2 unspecified atom stereocenters. The van der Waals surface area contributed by atoms with Crippen LogP contribution >= 0.6 is 0 Å². The van der Waals surface area contributed by atoms with Crippen molar-refractivity contribution in [2.75, 3.05) is 19.8 Å². The highest BCUT2D eigenvalue weighted by Gasteiger charge is 2.60. The van der Waals surface area contributed by atoms with Crippen molar-refractivity contribution in [2.45, 2.75) is 31.8 Å². The molecular formula is C10H19NO2. The molecule has 1 saturated carbocycles. The van der Waals surface area contributed by atoms with Crippen LogP contribution in [-0.2, 0) is 4.74 Å². The van der Waals surface area contributed by atoms with Crippen LogP contribution in [0.3, 0.4) is 0 Å². The second-order valence-corrected chi connectivity index (χ2v) is 4.63. The highest BCUT2D eigenvalue weighted by Crippen LogP contribution is 2.58. The van der Waals surface area contributed by atoms with E-state index < -0.39 is 5.60 Å². The summed E-state index contributed by atoms with van der Waals surface area (Å²) in [6.07, 6.45) is 2.93. The SMILES string of the molecule is CC1COCCC1(O)C1(CN)CC1. The van der Waals surface area contributed by atoms with E-state index in [0.29, 0.717) is 19.8 Å². The second-order valence-electron chi connectivity index (χ2n) is 4.63. The van der Waals surface area contributed by atoms with Gasteiger partial charge in [0.15, 0.2) is 0 Å². The summed E-state index contributed by atoms with van der Waals surface area (Å²) in [6, 6.07) is 0. The zero-order valence-corrected chi connectivity index (χ0v) is 8.25. The first-order valence-electron chi connectivity index (χ1n) is 5.15. The van der Waals surface area contributed by atoms with E-state index >= 15 is 0 Å². The fourth-order valence-corrected chi connectivity index (χ4v) is 2.62. The van der Waals surface area contributed by atoms with Crippen molar-refractivity contribution in [1.29, 1.82) is 0 Å². The standard InChI is InChI=1S/C10H19NO2/c1-8-6-13-5-4-10(8,12)9(7-11)2-3-9/h8,12H,2-7,11H2,1H3. The van der Waals surface area contributed by atoms with Crippen molar-refractivity contribution in [3.05, 3.63) is 0 Å². The van der Waals surface area contributed by atoms with Gasteiger partial charge in [-0.1, -0.05) is 6.92 Å². The van der Waals surface area contributed by atoms with Crippen LogP contribution in [0.15, 0.2) is 0 Å². The summed E-state index contributed by atoms with van der Waals surface area (Å²) in [6.45, 7) is 4.05. The van der Waals surface area contributed by atoms with Crippen LogP contribution in [0.25, 0.3) is 0 Å². The molecule has 1 saturated heterocycles. The molecule has 0 radical (unpaired) electrons. The normalized spacial score (nSPS) is 43.2. The minimum absolute atomic E-state index is 0.0240. The Morgan fingerprint density at radius 1 is 1.46 bits per heavy atom. The number of aliphatic hydroxyl groups is 1. The van der Waals surface area contributed by atoms with E-state index in [1.165, 1.54) is 0 Å². The van der Waals surface area contributed by atoms with Gasteiger partial charge in [0.2, 0.25) is 0 Å². The maximum atomic E-state index is 10.6. The number of hydrogen-bond donors (Lipinski definition) is 2. The number of rotatable bonds is 2. The minimum Gasteiger partial charge on any atom is -0.389 e. The third-order valence-electron chi connectivity index (χ3n) is 3.97. The lowest BCUT2D eigenvalue weighted by Crippen LogP contribution is -2.53. The maximum absolute atomic E-state index is 10.6. The van der Waals surface area contributed by atoms with Crippen molar-refractivity contribution in [3.8, 4) is 0 Å². The third kappa shape index (κ3) is 1.22. The van der Waals surface area contributed by atoms with Gasteiger partial charge in [-0.05, 0) is 12.8 Å². The fourth-order valence-electron chi connectivity index (χ4n) is 2.62. The van der Waals surface area contributed by atoms with Gasteiger partial charge in [-0.15, -0.1) is 0 Å². The second kappa shape index (κ2) is 2.94. The van der Waals surface area contributed by atoms with E-state index in [-0.39, 0.29) is 11.3 Å². The van der Waals surface area contributed by atoms with Crippen LogP contribution in [0.1, 0.15) is 26.2 Å². The van der Waals surface area contributed by atoms with E-state index in [1.807, 2.05) is 0 Å². The molecule has 0 aromatic heterocycles. The molecule has 3 heteroatoms. The van der Waals surface area contributed by atoms with Crippen molar-refractivity contribution in [1.82, 2.24) is 0 Å². The van der Waals surface area contributed by atoms with Crippen LogP contribution in [0.2, 0.25) is 0 Å². The Hall–Kier alpha value is -0.120. The average molecular weight is 185 g/mol. The van der Waals surface area contributed by atoms with E-state index in [4.69, 9.17) is 10.5 Å². The molecule has 0 spiro atoms. The monoisotopic (exact) mass is 185 g/mol. The smallest absolute Gasteiger partial charge is 0.0784 e. The lowest BCUT2D eigenvalue weighted by atomic mass is 9.72. The Balaban J connectivity index is 2.17. The topological polar surface area (TPSA) is 55.5 Å². The number of nitrogens with two attached hydrogens (primary N) is 1. The van der Waals surface area contributed by atoms with Gasteiger partial charge in [-0.25, -0.2) is 0 Å². The Labute approximate surface area is 79.3 Å². The molecule has 13 heavy (non-hydrogen) atoms. The molecule has 0 aromatic carbocycles. The molecule has 0 bridgehead atoms. The molecule has 2 aliphatic rings. The molecule has 1 aliphatic heterocycles. The summed E-state index contributed by atoms with van der Waals surface area (Å²) in [7, 11) is 0. The van der Waals surface area contributed by atoms with Gasteiger partial charge in [0.25, 0.3) is 0 Å². The first-order chi connectivity index (χ1) is 6.15. The quantitative estimate of drug-likeness (QED) is 0.659. The zero-order valence-electron chi connectivity index (χ0n) is 8.25. The van der Waals surface area contributed by atoms with E-state index in [9.17, 15) is 5.11 Å². The molecule has 3 N–H and O–H groups in total. The summed E-state index contributed by atoms with van der Waals surface area (Å²) in [5, 5.41) is 10.6. The Morgan fingerprint density at radius 3 is 2.62 bits per heavy atom. The molecule has 3 nitrogen and oxygen atoms in total. The van der Waals surface area contributed by atoms with Gasteiger partial charge >= 0.3 is 0 Å². The molecule has 1 aliphatic carbocycles.